The second-order valence-electron chi connectivity index (χ2n) is 6.44. The number of nitrogens with zero attached hydrogens (tertiary/aromatic N) is 5. The zero-order valence-corrected chi connectivity index (χ0v) is 14.6. The zero-order valence-electron chi connectivity index (χ0n) is 14.6. The van der Waals surface area contributed by atoms with Crippen LogP contribution in [0.1, 0.15) is 27.8 Å². The van der Waals surface area contributed by atoms with E-state index in [4.69, 9.17) is 4.74 Å². The lowest BCUT2D eigenvalue weighted by Crippen LogP contribution is -2.44. The SMILES string of the molecule is Cc1nn(C)c2ncc(C(=O)N3CCOCC3c3cccn3C)cc12. The molecule has 0 N–H and O–H groups in total. The minimum Gasteiger partial charge on any atom is -0.377 e. The number of hydrogen-bond donors (Lipinski definition) is 0. The third kappa shape index (κ3) is 2.60. The lowest BCUT2D eigenvalue weighted by atomic mass is 10.1. The maximum absolute atomic E-state index is 13.2. The van der Waals surface area contributed by atoms with Crippen LogP contribution in [0.25, 0.3) is 11.0 Å². The Balaban J connectivity index is 1.71. The minimum absolute atomic E-state index is 0.0212. The summed E-state index contributed by atoms with van der Waals surface area (Å²) in [5.41, 5.74) is 3.32. The lowest BCUT2D eigenvalue weighted by Gasteiger charge is -2.36. The van der Waals surface area contributed by atoms with Crippen LogP contribution >= 0.6 is 0 Å². The van der Waals surface area contributed by atoms with Crippen LogP contribution in [0.5, 0.6) is 0 Å². The van der Waals surface area contributed by atoms with Gasteiger partial charge in [-0.25, -0.2) is 4.98 Å². The van der Waals surface area contributed by atoms with Crippen LogP contribution in [0.4, 0.5) is 0 Å². The van der Waals surface area contributed by atoms with Gasteiger partial charge in [-0.05, 0) is 25.1 Å². The van der Waals surface area contributed by atoms with Crippen LogP contribution in [-0.4, -0.2) is 49.9 Å². The Labute approximate surface area is 145 Å². The lowest BCUT2D eigenvalue weighted by molar-refractivity contribution is -0.00464. The highest BCUT2D eigenvalue weighted by Gasteiger charge is 2.31. The van der Waals surface area contributed by atoms with E-state index in [0.29, 0.717) is 25.3 Å². The molecule has 130 valence electrons. The van der Waals surface area contributed by atoms with Crippen LogP contribution in [0.3, 0.4) is 0 Å². The number of rotatable bonds is 2. The number of pyridine rings is 1. The van der Waals surface area contributed by atoms with Crippen molar-refractivity contribution in [2.24, 2.45) is 14.1 Å². The quantitative estimate of drug-likeness (QED) is 0.714. The molecule has 0 spiro atoms. The molecule has 4 rings (SSSR count). The molecule has 4 heterocycles. The normalized spacial score (nSPS) is 18.0. The first-order valence-electron chi connectivity index (χ1n) is 8.35. The second kappa shape index (κ2) is 6.00. The van der Waals surface area contributed by atoms with Crippen LogP contribution in [0.2, 0.25) is 0 Å². The molecule has 7 nitrogen and oxygen atoms in total. The Kier molecular flexibility index (Phi) is 3.80. The Morgan fingerprint density at radius 2 is 2.20 bits per heavy atom. The van der Waals surface area contributed by atoms with E-state index in [0.717, 1.165) is 22.4 Å². The first kappa shape index (κ1) is 15.8. The molecule has 1 fully saturated rings. The van der Waals surface area contributed by atoms with Gasteiger partial charge in [0.15, 0.2) is 5.65 Å². The van der Waals surface area contributed by atoms with Gasteiger partial charge in [0.25, 0.3) is 5.91 Å². The molecule has 3 aromatic heterocycles. The van der Waals surface area contributed by atoms with Crippen molar-refractivity contribution < 1.29 is 9.53 Å². The Morgan fingerprint density at radius 3 is 2.96 bits per heavy atom. The van der Waals surface area contributed by atoms with Crippen LogP contribution < -0.4 is 0 Å². The number of hydrogen-bond acceptors (Lipinski definition) is 4. The number of carbonyl (C=O) groups excluding carboxylic acids is 1. The average molecular weight is 339 g/mol. The smallest absolute Gasteiger partial charge is 0.256 e. The maximum Gasteiger partial charge on any atom is 0.256 e. The number of carbonyl (C=O) groups is 1. The Morgan fingerprint density at radius 1 is 1.36 bits per heavy atom. The fraction of sp³-hybridized carbons (Fsp3) is 0.389. The number of amides is 1. The molecule has 0 radical (unpaired) electrons. The van der Waals surface area contributed by atoms with Crippen molar-refractivity contribution in [2.75, 3.05) is 19.8 Å². The molecule has 0 saturated carbocycles. The molecule has 0 aromatic carbocycles. The van der Waals surface area contributed by atoms with E-state index in [2.05, 4.69) is 10.1 Å². The van der Waals surface area contributed by atoms with Crippen molar-refractivity contribution in [3.63, 3.8) is 0 Å². The summed E-state index contributed by atoms with van der Waals surface area (Å²) in [5, 5.41) is 5.29. The van der Waals surface area contributed by atoms with Crippen molar-refractivity contribution in [3.05, 3.63) is 47.5 Å². The van der Waals surface area contributed by atoms with Crippen molar-refractivity contribution in [1.82, 2.24) is 24.2 Å². The van der Waals surface area contributed by atoms with Gasteiger partial charge in [-0.1, -0.05) is 0 Å². The number of aryl methyl sites for hydroxylation is 3. The molecule has 25 heavy (non-hydrogen) atoms. The predicted molar refractivity (Wildman–Crippen MR) is 93.3 cm³/mol. The molecule has 3 aromatic rings. The van der Waals surface area contributed by atoms with Gasteiger partial charge in [0.05, 0.1) is 30.5 Å². The second-order valence-corrected chi connectivity index (χ2v) is 6.44. The van der Waals surface area contributed by atoms with E-state index in [-0.39, 0.29) is 11.9 Å². The summed E-state index contributed by atoms with van der Waals surface area (Å²) in [5.74, 6) is -0.0212. The van der Waals surface area contributed by atoms with Crippen LogP contribution in [0, 0.1) is 6.92 Å². The summed E-state index contributed by atoms with van der Waals surface area (Å²) >= 11 is 0. The zero-order chi connectivity index (χ0) is 17.6. The number of fused-ring (bicyclic) bond motifs is 1. The largest absolute Gasteiger partial charge is 0.377 e. The average Bonchev–Trinajstić information content (AvgIpc) is 3.17. The van der Waals surface area contributed by atoms with E-state index < -0.39 is 0 Å². The van der Waals surface area contributed by atoms with Crippen LogP contribution in [0.15, 0.2) is 30.6 Å². The molecular formula is C18H21N5O2. The highest BCUT2D eigenvalue weighted by molar-refractivity contribution is 5.97. The standard InChI is InChI=1S/C18H21N5O2/c1-12-14-9-13(10-19-17(14)22(3)20-12)18(24)23-7-8-25-11-16(23)15-5-4-6-21(15)2/h4-6,9-10,16H,7-8,11H2,1-3H3. The highest BCUT2D eigenvalue weighted by Crippen LogP contribution is 2.27. The summed E-state index contributed by atoms with van der Waals surface area (Å²) in [6.07, 6.45) is 3.63. The molecule has 1 aliphatic heterocycles. The predicted octanol–water partition coefficient (Wildman–Crippen LogP) is 1.83. The summed E-state index contributed by atoms with van der Waals surface area (Å²) in [7, 11) is 3.84. The summed E-state index contributed by atoms with van der Waals surface area (Å²) in [6.45, 7) is 3.55. The van der Waals surface area contributed by atoms with Gasteiger partial charge in [0, 0.05) is 44.1 Å². The maximum atomic E-state index is 13.2. The topological polar surface area (TPSA) is 65.2 Å². The van der Waals surface area contributed by atoms with Crippen molar-refractivity contribution in [2.45, 2.75) is 13.0 Å². The number of morpholine rings is 1. The summed E-state index contributed by atoms with van der Waals surface area (Å²) < 4.78 is 9.40. The monoisotopic (exact) mass is 339 g/mol. The molecule has 0 aliphatic carbocycles. The summed E-state index contributed by atoms with van der Waals surface area (Å²) in [4.78, 5) is 19.5. The molecular weight excluding hydrogens is 318 g/mol. The number of aromatic nitrogens is 4. The van der Waals surface area contributed by atoms with Gasteiger partial charge in [-0.15, -0.1) is 0 Å². The Hall–Kier alpha value is -2.67. The molecule has 1 aliphatic rings. The van der Waals surface area contributed by atoms with Gasteiger partial charge in [-0.2, -0.15) is 5.10 Å². The molecule has 1 amide bonds. The van der Waals surface area contributed by atoms with Gasteiger partial charge >= 0.3 is 0 Å². The summed E-state index contributed by atoms with van der Waals surface area (Å²) in [6, 6.07) is 5.82. The molecule has 1 saturated heterocycles. The van der Waals surface area contributed by atoms with E-state index in [1.54, 1.807) is 10.9 Å². The van der Waals surface area contributed by atoms with Gasteiger partial charge < -0.3 is 14.2 Å². The van der Waals surface area contributed by atoms with E-state index in [1.165, 1.54) is 0 Å². The molecule has 1 atom stereocenters. The fourth-order valence-electron chi connectivity index (χ4n) is 3.50. The first-order valence-corrected chi connectivity index (χ1v) is 8.35. The fourth-order valence-corrected chi connectivity index (χ4v) is 3.50. The van der Waals surface area contributed by atoms with E-state index in [9.17, 15) is 4.79 Å². The van der Waals surface area contributed by atoms with Crippen LogP contribution in [-0.2, 0) is 18.8 Å². The van der Waals surface area contributed by atoms with E-state index >= 15 is 0 Å². The Bertz CT molecular complexity index is 942. The van der Waals surface area contributed by atoms with Gasteiger partial charge in [0.2, 0.25) is 0 Å². The third-order valence-corrected chi connectivity index (χ3v) is 4.82. The molecule has 7 heteroatoms. The van der Waals surface area contributed by atoms with Gasteiger partial charge in [0.1, 0.15) is 0 Å². The van der Waals surface area contributed by atoms with E-state index in [1.807, 2.05) is 54.9 Å². The molecule has 0 bridgehead atoms. The molecule has 1 unspecified atom stereocenters. The third-order valence-electron chi connectivity index (χ3n) is 4.82. The number of ether oxygens (including phenoxy) is 1. The van der Waals surface area contributed by atoms with Crippen molar-refractivity contribution in [3.8, 4) is 0 Å². The first-order chi connectivity index (χ1) is 12.1. The highest BCUT2D eigenvalue weighted by atomic mass is 16.5. The van der Waals surface area contributed by atoms with Crippen molar-refractivity contribution in [1.29, 1.82) is 0 Å². The van der Waals surface area contributed by atoms with Gasteiger partial charge in [-0.3, -0.25) is 9.48 Å². The minimum atomic E-state index is -0.0908. The van der Waals surface area contributed by atoms with Crippen molar-refractivity contribution >= 4 is 16.9 Å².